The summed E-state index contributed by atoms with van der Waals surface area (Å²) in [5.41, 5.74) is -2.80. The number of thiazole rings is 1. The maximum absolute atomic E-state index is 13.7. The number of nitrogens with zero attached hydrogens (tertiary/aromatic N) is 3. The molecule has 2 aliphatic rings. The van der Waals surface area contributed by atoms with Gasteiger partial charge in [-0.15, -0.1) is 22.9 Å². The van der Waals surface area contributed by atoms with Gasteiger partial charge in [-0.1, -0.05) is 18.5 Å². The van der Waals surface area contributed by atoms with E-state index >= 15 is 0 Å². The topological polar surface area (TPSA) is 198 Å². The van der Waals surface area contributed by atoms with Gasteiger partial charge in [0.25, 0.3) is 11.8 Å². The van der Waals surface area contributed by atoms with E-state index in [1.165, 1.54) is 19.2 Å². The molecule has 0 bridgehead atoms. The van der Waals surface area contributed by atoms with Crippen molar-refractivity contribution in [1.29, 1.82) is 0 Å². The first-order chi connectivity index (χ1) is 21.5. The monoisotopic (exact) mass is 701 g/mol. The normalized spacial score (nSPS) is 21.5. The standard InChI is InChI=1S/C27H37BClN5O10S2/c1-8-9-10-41-23(38)27(6,7)44-33-16(15-12-45-24(30-15)32-25(39)42-26(3,4)5)19(35)31-17-20(36)34-18(22(37)43-28)14(11-29)13(2)46(40)21(17)34/h12-13,17,21H,8-11,28H2,1-7H3,(H,31,35)(H,30,32,39)/b33-16-/t13-,17+,21+,46?/m0/s1. The molecule has 0 saturated carbocycles. The summed E-state index contributed by atoms with van der Waals surface area (Å²) in [5, 5.41) is 8.50. The molecular weight excluding hydrogens is 665 g/mol. The summed E-state index contributed by atoms with van der Waals surface area (Å²) < 4.78 is 28.7. The number of carbonyl (C=O) groups excluding carboxylic acids is 5. The number of hydrogen-bond donors (Lipinski definition) is 2. The van der Waals surface area contributed by atoms with Crippen LogP contribution in [0, 0.1) is 0 Å². The van der Waals surface area contributed by atoms with Gasteiger partial charge < -0.3 is 28.8 Å². The Morgan fingerprint density at radius 2 is 1.91 bits per heavy atom. The highest BCUT2D eigenvalue weighted by molar-refractivity contribution is 7.93. The number of fused-ring (bicyclic) bond motifs is 1. The molecule has 4 atom stereocenters. The Labute approximate surface area is 279 Å². The van der Waals surface area contributed by atoms with Crippen molar-refractivity contribution in [2.24, 2.45) is 5.16 Å². The van der Waals surface area contributed by atoms with Gasteiger partial charge in [-0.05, 0) is 59.1 Å². The number of nitrogens with one attached hydrogen (secondary N) is 2. The first-order valence-corrected chi connectivity index (χ1v) is 17.0. The van der Waals surface area contributed by atoms with Crippen LogP contribution in [0.15, 0.2) is 21.8 Å². The third kappa shape index (κ3) is 8.32. The Kier molecular flexibility index (Phi) is 12.1. The minimum atomic E-state index is -1.77. The third-order valence-corrected chi connectivity index (χ3v) is 9.62. The number of halogens is 1. The van der Waals surface area contributed by atoms with Crippen molar-refractivity contribution in [1.82, 2.24) is 15.2 Å². The number of β-lactam (4-membered cyclic amide) rings is 1. The molecule has 0 spiro atoms. The molecule has 46 heavy (non-hydrogen) atoms. The smallest absolute Gasteiger partial charge is 0.413 e. The number of oxime groups is 1. The van der Waals surface area contributed by atoms with E-state index in [4.69, 9.17) is 30.6 Å². The van der Waals surface area contributed by atoms with E-state index in [0.717, 1.165) is 30.7 Å². The summed E-state index contributed by atoms with van der Waals surface area (Å²) in [4.78, 5) is 75.2. The third-order valence-electron chi connectivity index (χ3n) is 6.63. The molecular formula is C27H37BClN5O10S2. The Hall–Kier alpha value is -3.35. The summed E-state index contributed by atoms with van der Waals surface area (Å²) in [6.07, 6.45) is 0.646. The first kappa shape index (κ1) is 37.1. The van der Waals surface area contributed by atoms with Crippen LogP contribution < -0.4 is 10.6 Å². The number of alkyl halides is 1. The lowest BCUT2D eigenvalue weighted by atomic mass is 10.0. The molecule has 3 rings (SSSR count). The summed E-state index contributed by atoms with van der Waals surface area (Å²) in [5.74, 6) is -3.44. The predicted octanol–water partition coefficient (Wildman–Crippen LogP) is 1.72. The lowest BCUT2D eigenvalue weighted by Crippen LogP contribution is -2.76. The maximum Gasteiger partial charge on any atom is 0.413 e. The molecule has 3 heterocycles. The first-order valence-electron chi connectivity index (χ1n) is 14.3. The Morgan fingerprint density at radius 1 is 1.24 bits per heavy atom. The molecule has 1 aromatic heterocycles. The number of ether oxygens (including phenoxy) is 2. The lowest BCUT2D eigenvalue weighted by Gasteiger charge is -2.50. The summed E-state index contributed by atoms with van der Waals surface area (Å²) in [7, 11) is 1.14. The van der Waals surface area contributed by atoms with E-state index < -0.39 is 74.6 Å². The minimum Gasteiger partial charge on any atom is -0.614 e. The number of hydrogen-bond acceptors (Lipinski definition) is 13. The number of anilines is 1. The van der Waals surface area contributed by atoms with Crippen molar-refractivity contribution in [3.63, 3.8) is 0 Å². The molecule has 19 heteroatoms. The van der Waals surface area contributed by atoms with Crippen molar-refractivity contribution in [3.05, 3.63) is 22.3 Å². The highest BCUT2D eigenvalue weighted by atomic mass is 35.5. The van der Waals surface area contributed by atoms with Gasteiger partial charge in [0.2, 0.25) is 11.0 Å². The molecule has 0 aliphatic carbocycles. The Bertz CT molecular complexity index is 1430. The number of unbranched alkanes of at least 4 members (excludes halogenated alkanes) is 1. The van der Waals surface area contributed by atoms with Crippen molar-refractivity contribution >= 4 is 82.9 Å². The zero-order valence-electron chi connectivity index (χ0n) is 26.8. The second-order valence-corrected chi connectivity index (χ2v) is 14.7. The molecule has 0 aromatic carbocycles. The average Bonchev–Trinajstić information content (AvgIpc) is 3.43. The second-order valence-electron chi connectivity index (χ2n) is 11.7. The Morgan fingerprint density at radius 3 is 2.50 bits per heavy atom. The van der Waals surface area contributed by atoms with Gasteiger partial charge in [0.15, 0.2) is 16.9 Å². The SMILES string of the molecule is BOC(=O)C1=C(CCl)[C@H](C)[S+]([O-])[C@@H]2[C@H](NC(=O)/C(=N\OC(C)(C)C(=O)OCCCC)c3csc(NC(=O)OC(C)(C)C)n3)C(=O)N12. The van der Waals surface area contributed by atoms with Crippen molar-refractivity contribution < 1.29 is 47.5 Å². The number of aromatic nitrogens is 1. The van der Waals surface area contributed by atoms with Gasteiger partial charge in [-0.2, -0.15) is 0 Å². The summed E-state index contributed by atoms with van der Waals surface area (Å²) >= 11 is 5.21. The summed E-state index contributed by atoms with van der Waals surface area (Å²) in [6.45, 7) is 11.5. The molecule has 2 aliphatic heterocycles. The van der Waals surface area contributed by atoms with Gasteiger partial charge in [-0.25, -0.2) is 19.4 Å². The number of rotatable bonds is 12. The van der Waals surface area contributed by atoms with Crippen LogP contribution in [0.4, 0.5) is 9.93 Å². The molecule has 1 aromatic rings. The van der Waals surface area contributed by atoms with Crippen molar-refractivity contribution in [2.75, 3.05) is 17.8 Å². The molecule has 2 N–H and O–H groups in total. The Balaban J connectivity index is 1.92. The van der Waals surface area contributed by atoms with Gasteiger partial charge >= 0.3 is 26.1 Å². The molecule has 15 nitrogen and oxygen atoms in total. The van der Waals surface area contributed by atoms with Crippen LogP contribution in [0.1, 0.15) is 67.0 Å². The number of amides is 3. The van der Waals surface area contributed by atoms with E-state index in [1.807, 2.05) is 6.92 Å². The van der Waals surface area contributed by atoms with E-state index in [1.54, 1.807) is 27.7 Å². The predicted molar refractivity (Wildman–Crippen MR) is 172 cm³/mol. The molecule has 1 fully saturated rings. The minimum absolute atomic E-state index is 0.0533. The van der Waals surface area contributed by atoms with Gasteiger partial charge in [0.1, 0.15) is 22.2 Å². The fraction of sp³-hybridized carbons (Fsp3) is 0.593. The quantitative estimate of drug-likeness (QED) is 0.0470. The number of carbonyl (C=O) groups is 5. The average molecular weight is 702 g/mol. The van der Waals surface area contributed by atoms with Crippen LogP contribution in [0.25, 0.3) is 0 Å². The van der Waals surface area contributed by atoms with Crippen LogP contribution in [0.3, 0.4) is 0 Å². The van der Waals surface area contributed by atoms with Crippen molar-refractivity contribution in [2.45, 2.75) is 89.2 Å². The largest absolute Gasteiger partial charge is 0.614 e. The van der Waals surface area contributed by atoms with Crippen LogP contribution in [-0.2, 0) is 49.3 Å². The van der Waals surface area contributed by atoms with E-state index in [2.05, 4.69) is 20.8 Å². The summed E-state index contributed by atoms with van der Waals surface area (Å²) in [6, 6.07) is -1.33. The fourth-order valence-electron chi connectivity index (χ4n) is 4.19. The van der Waals surface area contributed by atoms with Gasteiger partial charge in [0.05, 0.1) is 12.5 Å². The second kappa shape index (κ2) is 15.0. The molecule has 1 saturated heterocycles. The lowest BCUT2D eigenvalue weighted by molar-refractivity contribution is -0.168. The molecule has 252 valence electrons. The molecule has 3 amide bonds. The highest BCUT2D eigenvalue weighted by Gasteiger charge is 2.63. The molecule has 0 radical (unpaired) electrons. The van der Waals surface area contributed by atoms with Crippen LogP contribution in [0.5, 0.6) is 0 Å². The van der Waals surface area contributed by atoms with E-state index in [9.17, 15) is 28.5 Å². The van der Waals surface area contributed by atoms with E-state index in [0.29, 0.717) is 6.42 Å². The van der Waals surface area contributed by atoms with Gasteiger partial charge in [-0.3, -0.25) is 19.8 Å². The zero-order chi connectivity index (χ0) is 34.6. The van der Waals surface area contributed by atoms with Crippen LogP contribution >= 0.6 is 22.9 Å². The van der Waals surface area contributed by atoms with Crippen LogP contribution in [-0.4, -0.2) is 98.4 Å². The fourth-order valence-corrected chi connectivity index (χ4v) is 7.09. The van der Waals surface area contributed by atoms with Crippen LogP contribution in [0.2, 0.25) is 0 Å². The van der Waals surface area contributed by atoms with E-state index in [-0.39, 0.29) is 34.6 Å². The zero-order valence-corrected chi connectivity index (χ0v) is 29.1. The maximum atomic E-state index is 13.7. The van der Waals surface area contributed by atoms with Crippen molar-refractivity contribution in [3.8, 4) is 0 Å². The van der Waals surface area contributed by atoms with Gasteiger partial charge in [0, 0.05) is 11.0 Å². The number of esters is 1. The highest BCUT2D eigenvalue weighted by Crippen LogP contribution is 2.40. The molecule has 1 unspecified atom stereocenters.